The van der Waals surface area contributed by atoms with Crippen LogP contribution in [-0.4, -0.2) is 34.9 Å². The summed E-state index contributed by atoms with van der Waals surface area (Å²) in [5.41, 5.74) is 2.65. The lowest BCUT2D eigenvalue weighted by Crippen LogP contribution is -2.21. The van der Waals surface area contributed by atoms with Gasteiger partial charge in [0.15, 0.2) is 11.5 Å². The number of hydrogen-bond donors (Lipinski definition) is 1. The minimum Gasteiger partial charge on any atom is -0.493 e. The summed E-state index contributed by atoms with van der Waals surface area (Å²) >= 11 is 0. The van der Waals surface area contributed by atoms with Crippen molar-refractivity contribution in [3.63, 3.8) is 0 Å². The molecule has 0 radical (unpaired) electrons. The van der Waals surface area contributed by atoms with Gasteiger partial charge in [-0.15, -0.1) is 0 Å². The van der Waals surface area contributed by atoms with E-state index in [9.17, 15) is 4.57 Å². The molecule has 0 aliphatic carbocycles. The molecule has 2 atom stereocenters. The fourth-order valence-corrected chi connectivity index (χ4v) is 5.94. The van der Waals surface area contributed by atoms with E-state index >= 15 is 0 Å². The molecule has 6 nitrogen and oxygen atoms in total. The van der Waals surface area contributed by atoms with Gasteiger partial charge >= 0.3 is 0 Å². The largest absolute Gasteiger partial charge is 0.493 e. The van der Waals surface area contributed by atoms with Crippen LogP contribution in [0.4, 0.5) is 11.4 Å². The van der Waals surface area contributed by atoms with E-state index in [4.69, 9.17) is 14.0 Å². The lowest BCUT2D eigenvalue weighted by Gasteiger charge is -2.30. The molecule has 0 unspecified atom stereocenters. The maximum absolute atomic E-state index is 14.6. The van der Waals surface area contributed by atoms with E-state index in [1.165, 1.54) is 0 Å². The Kier molecular flexibility index (Phi) is 7.84. The van der Waals surface area contributed by atoms with Crippen molar-refractivity contribution in [1.82, 2.24) is 0 Å². The number of para-hydroxylation sites is 1. The molecule has 0 bridgehead atoms. The molecule has 0 fully saturated rings. The molecule has 0 aliphatic heterocycles. The highest BCUT2D eigenvalue weighted by Crippen LogP contribution is 2.59. The average Bonchev–Trinajstić information content (AvgIpc) is 2.83. The van der Waals surface area contributed by atoms with Crippen molar-refractivity contribution in [1.29, 1.82) is 0 Å². The molecule has 0 spiro atoms. The standard InChI is InChI=1S/C25H31N2O4P/c1-6-31-32(28,22-15-13-21(14-16-22)27(2)3)25(26-20-10-8-7-9-11-20)19-12-17-23(29-4)24(18-19)30-5/h7-18,25-26H,6H2,1-5H3/t25-,32+/m0/s1. The van der Waals surface area contributed by atoms with Crippen LogP contribution in [-0.2, 0) is 9.09 Å². The Labute approximate surface area is 190 Å². The van der Waals surface area contributed by atoms with Gasteiger partial charge in [0.25, 0.3) is 7.37 Å². The maximum Gasteiger partial charge on any atom is 0.258 e. The number of benzene rings is 3. The first-order valence-electron chi connectivity index (χ1n) is 10.5. The van der Waals surface area contributed by atoms with Crippen molar-refractivity contribution in [2.24, 2.45) is 0 Å². The minimum absolute atomic E-state index is 0.312. The van der Waals surface area contributed by atoms with Crippen molar-refractivity contribution >= 4 is 24.0 Å². The van der Waals surface area contributed by atoms with E-state index in [1.807, 2.05) is 98.7 Å². The van der Waals surface area contributed by atoms with Crippen molar-refractivity contribution in [3.05, 3.63) is 78.4 Å². The van der Waals surface area contributed by atoms with Crippen LogP contribution in [0.1, 0.15) is 18.3 Å². The zero-order valence-electron chi connectivity index (χ0n) is 19.2. The van der Waals surface area contributed by atoms with Crippen LogP contribution in [0.3, 0.4) is 0 Å². The molecular formula is C25H31N2O4P. The van der Waals surface area contributed by atoms with Crippen molar-refractivity contribution < 1.29 is 18.6 Å². The predicted molar refractivity (Wildman–Crippen MR) is 132 cm³/mol. The average molecular weight is 455 g/mol. The number of hydrogen-bond acceptors (Lipinski definition) is 6. The molecular weight excluding hydrogens is 423 g/mol. The van der Waals surface area contributed by atoms with E-state index < -0.39 is 13.2 Å². The van der Waals surface area contributed by atoms with Gasteiger partial charge in [-0.05, 0) is 61.0 Å². The van der Waals surface area contributed by atoms with Gasteiger partial charge in [0, 0.05) is 30.8 Å². The predicted octanol–water partition coefficient (Wildman–Crippen LogP) is 5.52. The monoisotopic (exact) mass is 454 g/mol. The van der Waals surface area contributed by atoms with Crippen LogP contribution in [0.15, 0.2) is 72.8 Å². The smallest absolute Gasteiger partial charge is 0.258 e. The zero-order valence-corrected chi connectivity index (χ0v) is 20.1. The number of nitrogens with zero attached hydrogens (tertiary/aromatic N) is 1. The number of nitrogens with one attached hydrogen (secondary N) is 1. The summed E-state index contributed by atoms with van der Waals surface area (Å²) in [5, 5.41) is 4.10. The van der Waals surface area contributed by atoms with Crippen LogP contribution in [0.25, 0.3) is 0 Å². The van der Waals surface area contributed by atoms with Gasteiger partial charge in [0.2, 0.25) is 0 Å². The topological polar surface area (TPSA) is 60.0 Å². The van der Waals surface area contributed by atoms with Crippen LogP contribution in [0.2, 0.25) is 0 Å². The molecule has 3 rings (SSSR count). The summed E-state index contributed by atoms with van der Waals surface area (Å²) in [6.45, 7) is 2.17. The van der Waals surface area contributed by atoms with Crippen LogP contribution in [0, 0.1) is 0 Å². The first-order chi connectivity index (χ1) is 15.4. The molecule has 0 saturated heterocycles. The van der Waals surface area contributed by atoms with Gasteiger partial charge in [-0.3, -0.25) is 4.57 Å². The number of rotatable bonds is 10. The molecule has 0 aromatic heterocycles. The third kappa shape index (κ3) is 5.09. The maximum atomic E-state index is 14.6. The normalized spacial score (nSPS) is 13.7. The second-order valence-corrected chi connectivity index (χ2v) is 9.94. The van der Waals surface area contributed by atoms with Crippen LogP contribution >= 0.6 is 7.37 Å². The summed E-state index contributed by atoms with van der Waals surface area (Å²) in [6.07, 6.45) is 0. The Morgan fingerprint density at radius 3 is 2.12 bits per heavy atom. The lowest BCUT2D eigenvalue weighted by atomic mass is 10.2. The SMILES string of the molecule is CCO[P@](=O)(c1ccc(N(C)C)cc1)[C@H](Nc1ccccc1)c1ccc(OC)c(OC)c1. The van der Waals surface area contributed by atoms with Crippen LogP contribution in [0.5, 0.6) is 11.5 Å². The van der Waals surface area contributed by atoms with Crippen molar-refractivity contribution in [3.8, 4) is 11.5 Å². The highest BCUT2D eigenvalue weighted by Gasteiger charge is 2.38. The molecule has 0 heterocycles. The molecule has 170 valence electrons. The number of anilines is 2. The van der Waals surface area contributed by atoms with Gasteiger partial charge in [-0.25, -0.2) is 0 Å². The second kappa shape index (κ2) is 10.6. The summed E-state index contributed by atoms with van der Waals surface area (Å²) in [7, 11) is 3.72. The van der Waals surface area contributed by atoms with E-state index in [0.717, 1.165) is 16.9 Å². The summed E-state index contributed by atoms with van der Waals surface area (Å²) < 4.78 is 31.5. The third-order valence-corrected chi connectivity index (χ3v) is 7.95. The summed E-state index contributed by atoms with van der Waals surface area (Å²) in [5.74, 6) is 0.544. The van der Waals surface area contributed by atoms with E-state index in [0.29, 0.717) is 23.4 Å². The van der Waals surface area contributed by atoms with Crippen molar-refractivity contribution in [2.45, 2.75) is 12.7 Å². The molecule has 32 heavy (non-hydrogen) atoms. The van der Waals surface area contributed by atoms with Gasteiger partial charge in [-0.1, -0.05) is 24.3 Å². The lowest BCUT2D eigenvalue weighted by molar-refractivity contribution is 0.335. The molecule has 3 aromatic rings. The summed E-state index contributed by atoms with van der Waals surface area (Å²) in [6, 6.07) is 22.9. The zero-order chi connectivity index (χ0) is 23.1. The fraction of sp³-hybridized carbons (Fsp3) is 0.280. The van der Waals surface area contributed by atoms with E-state index in [-0.39, 0.29) is 0 Å². The molecule has 3 aromatic carbocycles. The highest BCUT2D eigenvalue weighted by atomic mass is 31.2. The van der Waals surface area contributed by atoms with E-state index in [1.54, 1.807) is 14.2 Å². The van der Waals surface area contributed by atoms with Gasteiger partial charge in [0.1, 0.15) is 5.78 Å². The minimum atomic E-state index is -3.40. The first-order valence-corrected chi connectivity index (χ1v) is 12.2. The van der Waals surface area contributed by atoms with Crippen LogP contribution < -0.4 is 25.0 Å². The number of methoxy groups -OCH3 is 2. The van der Waals surface area contributed by atoms with Gasteiger partial charge in [0.05, 0.1) is 20.8 Å². The Morgan fingerprint density at radius 1 is 0.906 bits per heavy atom. The Balaban J connectivity index is 2.15. The summed E-state index contributed by atoms with van der Waals surface area (Å²) in [4.78, 5) is 2.00. The van der Waals surface area contributed by atoms with Crippen molar-refractivity contribution in [2.75, 3.05) is 45.1 Å². The Bertz CT molecular complexity index is 1060. The van der Waals surface area contributed by atoms with E-state index in [2.05, 4.69) is 5.32 Å². The fourth-order valence-electron chi connectivity index (χ4n) is 3.53. The highest BCUT2D eigenvalue weighted by molar-refractivity contribution is 7.67. The van der Waals surface area contributed by atoms with Gasteiger partial charge in [-0.2, -0.15) is 0 Å². The molecule has 0 amide bonds. The molecule has 7 heteroatoms. The third-order valence-electron chi connectivity index (χ3n) is 5.19. The molecule has 1 N–H and O–H groups in total. The quantitative estimate of drug-likeness (QED) is 0.407. The molecule has 0 aliphatic rings. The van der Waals surface area contributed by atoms with Gasteiger partial charge < -0.3 is 24.2 Å². The Morgan fingerprint density at radius 2 is 1.56 bits per heavy atom. The second-order valence-electron chi connectivity index (χ2n) is 7.45. The Hall–Kier alpha value is -2.95. The first kappa shape index (κ1) is 23.7. The molecule has 0 saturated carbocycles. The number of ether oxygens (including phenoxy) is 2.